The predicted molar refractivity (Wildman–Crippen MR) is 113 cm³/mol. The first kappa shape index (κ1) is 20.0. The number of aromatic nitrogens is 2. The molecule has 154 valence electrons. The SMILES string of the molecule is CC[NH+]1CCc2c(sc3c2c(=O)n(-c2ccccc2)c(=O)n3CC(OC)OC)C1. The van der Waals surface area contributed by atoms with E-state index in [0.717, 1.165) is 31.6 Å². The zero-order valence-electron chi connectivity index (χ0n) is 16.9. The first-order chi connectivity index (χ1) is 14.1. The van der Waals surface area contributed by atoms with Gasteiger partial charge in [-0.2, -0.15) is 0 Å². The van der Waals surface area contributed by atoms with Gasteiger partial charge in [-0.05, 0) is 24.6 Å². The van der Waals surface area contributed by atoms with Crippen LogP contribution in [0.1, 0.15) is 17.4 Å². The minimum absolute atomic E-state index is 0.221. The van der Waals surface area contributed by atoms with Crippen LogP contribution in [0.2, 0.25) is 0 Å². The van der Waals surface area contributed by atoms with E-state index in [1.165, 1.54) is 14.3 Å². The molecule has 1 aromatic carbocycles. The third-order valence-corrected chi connectivity index (χ3v) is 6.92. The topological polar surface area (TPSA) is 66.9 Å². The average molecular weight is 417 g/mol. The molecule has 1 aliphatic rings. The lowest BCUT2D eigenvalue weighted by Gasteiger charge is -2.22. The number of fused-ring (bicyclic) bond motifs is 3. The van der Waals surface area contributed by atoms with Gasteiger partial charge in [0.1, 0.15) is 11.4 Å². The predicted octanol–water partition coefficient (Wildman–Crippen LogP) is 0.794. The molecule has 1 N–H and O–H groups in total. The molecule has 0 saturated heterocycles. The molecule has 1 unspecified atom stereocenters. The van der Waals surface area contributed by atoms with Gasteiger partial charge in [-0.15, -0.1) is 11.3 Å². The van der Waals surface area contributed by atoms with Gasteiger partial charge in [-0.25, -0.2) is 9.36 Å². The Morgan fingerprint density at radius 3 is 2.55 bits per heavy atom. The summed E-state index contributed by atoms with van der Waals surface area (Å²) in [5.41, 5.74) is 1.06. The number of para-hydroxylation sites is 1. The highest BCUT2D eigenvalue weighted by Gasteiger charge is 2.28. The van der Waals surface area contributed by atoms with E-state index in [9.17, 15) is 9.59 Å². The number of benzene rings is 1. The summed E-state index contributed by atoms with van der Waals surface area (Å²) in [6, 6.07) is 9.09. The van der Waals surface area contributed by atoms with Crippen LogP contribution in [0.3, 0.4) is 0 Å². The lowest BCUT2D eigenvalue weighted by atomic mass is 10.1. The Balaban J connectivity index is 2.02. The molecular weight excluding hydrogens is 390 g/mol. The van der Waals surface area contributed by atoms with Gasteiger partial charge in [-0.1, -0.05) is 18.2 Å². The zero-order chi connectivity index (χ0) is 20.5. The summed E-state index contributed by atoms with van der Waals surface area (Å²) in [7, 11) is 3.09. The number of methoxy groups -OCH3 is 2. The van der Waals surface area contributed by atoms with Gasteiger partial charge in [0, 0.05) is 20.6 Å². The molecule has 2 aromatic heterocycles. The van der Waals surface area contributed by atoms with Crippen LogP contribution >= 0.6 is 11.3 Å². The van der Waals surface area contributed by atoms with Crippen LogP contribution in [-0.2, 0) is 29.0 Å². The fourth-order valence-corrected chi connectivity index (χ4v) is 5.41. The average Bonchev–Trinajstić information content (AvgIpc) is 3.13. The number of nitrogens with one attached hydrogen (secondary N) is 1. The molecule has 0 bridgehead atoms. The first-order valence-corrected chi connectivity index (χ1v) is 10.6. The molecule has 7 nitrogen and oxygen atoms in total. The van der Waals surface area contributed by atoms with Crippen molar-refractivity contribution in [1.29, 1.82) is 0 Å². The third kappa shape index (κ3) is 3.46. The molecule has 1 atom stereocenters. The van der Waals surface area contributed by atoms with Crippen LogP contribution in [0.5, 0.6) is 0 Å². The molecule has 0 fully saturated rings. The molecule has 0 amide bonds. The second kappa shape index (κ2) is 8.23. The summed E-state index contributed by atoms with van der Waals surface area (Å²) in [5, 5.41) is 0.662. The van der Waals surface area contributed by atoms with E-state index < -0.39 is 6.29 Å². The van der Waals surface area contributed by atoms with Crippen LogP contribution < -0.4 is 16.1 Å². The Morgan fingerprint density at radius 1 is 1.17 bits per heavy atom. The maximum Gasteiger partial charge on any atom is 0.336 e. The summed E-state index contributed by atoms with van der Waals surface area (Å²) in [6.45, 7) is 5.33. The quantitative estimate of drug-likeness (QED) is 0.604. The van der Waals surface area contributed by atoms with Crippen molar-refractivity contribution in [3.63, 3.8) is 0 Å². The molecule has 3 aromatic rings. The van der Waals surface area contributed by atoms with Gasteiger partial charge in [-0.3, -0.25) is 9.36 Å². The van der Waals surface area contributed by atoms with E-state index in [1.807, 2.05) is 18.2 Å². The van der Waals surface area contributed by atoms with Gasteiger partial charge in [0.2, 0.25) is 0 Å². The van der Waals surface area contributed by atoms with E-state index in [0.29, 0.717) is 15.9 Å². The molecule has 0 spiro atoms. The highest BCUT2D eigenvalue weighted by atomic mass is 32.1. The monoisotopic (exact) mass is 416 g/mol. The molecule has 4 rings (SSSR count). The highest BCUT2D eigenvalue weighted by Crippen LogP contribution is 2.30. The summed E-state index contributed by atoms with van der Waals surface area (Å²) in [4.78, 5) is 30.3. The summed E-state index contributed by atoms with van der Waals surface area (Å²) in [6.07, 6.45) is 0.271. The number of quaternary nitrogens is 1. The summed E-state index contributed by atoms with van der Waals surface area (Å²) in [5.74, 6) is 0. The maximum atomic E-state index is 13.5. The Bertz CT molecular complexity index is 1130. The second-order valence-electron chi connectivity index (χ2n) is 7.23. The number of nitrogens with zero attached hydrogens (tertiary/aromatic N) is 2. The van der Waals surface area contributed by atoms with Gasteiger partial charge in [0.05, 0.1) is 35.6 Å². The molecule has 0 aliphatic carbocycles. The van der Waals surface area contributed by atoms with Crippen molar-refractivity contribution >= 4 is 21.6 Å². The van der Waals surface area contributed by atoms with Crippen molar-refractivity contribution in [3.8, 4) is 5.69 Å². The van der Waals surface area contributed by atoms with Crippen molar-refractivity contribution in [2.24, 2.45) is 0 Å². The van der Waals surface area contributed by atoms with Gasteiger partial charge in [0.15, 0.2) is 6.29 Å². The van der Waals surface area contributed by atoms with Crippen molar-refractivity contribution in [3.05, 3.63) is 61.6 Å². The molecule has 29 heavy (non-hydrogen) atoms. The molecule has 3 heterocycles. The summed E-state index contributed by atoms with van der Waals surface area (Å²) >= 11 is 1.56. The van der Waals surface area contributed by atoms with Crippen LogP contribution in [-0.4, -0.2) is 42.7 Å². The fraction of sp³-hybridized carbons (Fsp3) is 0.429. The number of rotatable bonds is 6. The normalized spacial score (nSPS) is 16.5. The van der Waals surface area contributed by atoms with Crippen molar-refractivity contribution in [2.75, 3.05) is 27.3 Å². The lowest BCUT2D eigenvalue weighted by molar-refractivity contribution is -0.913. The van der Waals surface area contributed by atoms with Gasteiger partial charge >= 0.3 is 5.69 Å². The van der Waals surface area contributed by atoms with Crippen LogP contribution in [0, 0.1) is 0 Å². The van der Waals surface area contributed by atoms with E-state index in [-0.39, 0.29) is 17.8 Å². The smallest absolute Gasteiger partial charge is 0.336 e. The van der Waals surface area contributed by atoms with Crippen molar-refractivity contribution in [2.45, 2.75) is 32.7 Å². The highest BCUT2D eigenvalue weighted by molar-refractivity contribution is 7.18. The van der Waals surface area contributed by atoms with Crippen LogP contribution in [0.25, 0.3) is 15.9 Å². The first-order valence-electron chi connectivity index (χ1n) is 9.83. The summed E-state index contributed by atoms with van der Waals surface area (Å²) < 4.78 is 13.6. The number of thiophene rings is 1. The Kier molecular flexibility index (Phi) is 5.69. The molecule has 0 radical (unpaired) electrons. The number of ether oxygens (including phenoxy) is 2. The maximum absolute atomic E-state index is 13.5. The minimum Gasteiger partial charge on any atom is -0.354 e. The van der Waals surface area contributed by atoms with E-state index >= 15 is 0 Å². The van der Waals surface area contributed by atoms with Crippen molar-refractivity contribution in [1.82, 2.24) is 9.13 Å². The van der Waals surface area contributed by atoms with Gasteiger partial charge < -0.3 is 14.4 Å². The molecule has 1 aliphatic heterocycles. The number of hydrogen-bond acceptors (Lipinski definition) is 5. The van der Waals surface area contributed by atoms with Gasteiger partial charge in [0.25, 0.3) is 5.56 Å². The number of hydrogen-bond donors (Lipinski definition) is 1. The largest absolute Gasteiger partial charge is 0.354 e. The van der Waals surface area contributed by atoms with Crippen molar-refractivity contribution < 1.29 is 14.4 Å². The third-order valence-electron chi connectivity index (χ3n) is 5.67. The van der Waals surface area contributed by atoms with E-state index in [1.54, 1.807) is 42.3 Å². The lowest BCUT2D eigenvalue weighted by Crippen LogP contribution is -3.11. The molecule has 0 saturated carbocycles. The van der Waals surface area contributed by atoms with Crippen LogP contribution in [0.4, 0.5) is 0 Å². The number of likely N-dealkylation sites (N-methyl/N-ethyl adjacent to an activating group) is 1. The zero-order valence-corrected chi connectivity index (χ0v) is 17.8. The Morgan fingerprint density at radius 2 is 1.90 bits per heavy atom. The van der Waals surface area contributed by atoms with E-state index in [4.69, 9.17) is 9.47 Å². The second-order valence-corrected chi connectivity index (χ2v) is 8.32. The molecular formula is C21H26N3O4S+. The van der Waals surface area contributed by atoms with E-state index in [2.05, 4.69) is 6.92 Å². The standard InChI is InChI=1S/C21H25N3O4S/c1-4-22-11-10-15-16(12-22)29-20-18(15)19(25)24(14-8-6-5-7-9-14)21(26)23(20)13-17(27-2)28-3/h5-9,17H,4,10-13H2,1-3H3/p+1. The fourth-order valence-electron chi connectivity index (χ4n) is 4.00. The molecule has 8 heteroatoms. The minimum atomic E-state index is -0.575. The Hall–Kier alpha value is -2.26. The Labute approximate surface area is 172 Å². The van der Waals surface area contributed by atoms with Crippen LogP contribution in [0.15, 0.2) is 39.9 Å².